The van der Waals surface area contributed by atoms with Gasteiger partial charge in [0.1, 0.15) is 0 Å². The smallest absolute Gasteiger partial charge is 0.241 e. The summed E-state index contributed by atoms with van der Waals surface area (Å²) < 4.78 is 5.88. The van der Waals surface area contributed by atoms with Crippen LogP contribution in [0.15, 0.2) is 59.6 Å². The highest BCUT2D eigenvalue weighted by Gasteiger charge is 2.06. The zero-order valence-electron chi connectivity index (χ0n) is 17.4. The molecule has 0 heterocycles. The standard InChI is InChI=1S/C22H30N4O2.HI/c1-4-23-22(25-15-21(27)26(2)3)24-14-19-12-8-9-13-20(19)17-28-16-18-10-6-5-7-11-18;/h5-13H,4,14-17H2,1-3H3,(H2,23,24,25);1H. The number of guanidine groups is 1. The fourth-order valence-electron chi connectivity index (χ4n) is 2.53. The molecule has 0 spiro atoms. The third-order valence-electron chi connectivity index (χ3n) is 4.15. The van der Waals surface area contributed by atoms with E-state index in [0.29, 0.717) is 25.7 Å². The van der Waals surface area contributed by atoms with Crippen LogP contribution < -0.4 is 10.6 Å². The van der Waals surface area contributed by atoms with Crippen LogP contribution in [0.1, 0.15) is 23.6 Å². The summed E-state index contributed by atoms with van der Waals surface area (Å²) in [6.45, 7) is 4.55. The highest BCUT2D eigenvalue weighted by Crippen LogP contribution is 2.13. The van der Waals surface area contributed by atoms with Crippen molar-refractivity contribution < 1.29 is 9.53 Å². The molecule has 2 N–H and O–H groups in total. The number of ether oxygens (including phenoxy) is 1. The Hall–Kier alpha value is -2.13. The average Bonchev–Trinajstić information content (AvgIpc) is 2.71. The molecular formula is C22H31IN4O2. The predicted octanol–water partition coefficient (Wildman–Crippen LogP) is 3.16. The van der Waals surface area contributed by atoms with Gasteiger partial charge in [-0.05, 0) is 23.6 Å². The summed E-state index contributed by atoms with van der Waals surface area (Å²) in [4.78, 5) is 17.9. The molecule has 0 aromatic heterocycles. The molecule has 0 unspecified atom stereocenters. The van der Waals surface area contributed by atoms with Gasteiger partial charge >= 0.3 is 0 Å². The van der Waals surface area contributed by atoms with Crippen LogP contribution in [-0.2, 0) is 29.3 Å². The molecule has 2 aromatic carbocycles. The molecule has 0 saturated heterocycles. The monoisotopic (exact) mass is 510 g/mol. The van der Waals surface area contributed by atoms with Gasteiger partial charge in [0.15, 0.2) is 5.96 Å². The van der Waals surface area contributed by atoms with Gasteiger partial charge in [-0.25, -0.2) is 4.99 Å². The number of carbonyl (C=O) groups excluding carboxylic acids is 1. The summed E-state index contributed by atoms with van der Waals surface area (Å²) in [6, 6.07) is 18.3. The number of hydrogen-bond acceptors (Lipinski definition) is 3. The second-order valence-corrected chi connectivity index (χ2v) is 6.58. The van der Waals surface area contributed by atoms with E-state index in [1.54, 1.807) is 19.0 Å². The summed E-state index contributed by atoms with van der Waals surface area (Å²) in [5.74, 6) is 0.623. The van der Waals surface area contributed by atoms with Gasteiger partial charge in [0.2, 0.25) is 5.91 Å². The lowest BCUT2D eigenvalue weighted by atomic mass is 10.1. The molecule has 1 amide bonds. The predicted molar refractivity (Wildman–Crippen MR) is 128 cm³/mol. The van der Waals surface area contributed by atoms with Crippen molar-refractivity contribution in [2.24, 2.45) is 4.99 Å². The molecule has 0 bridgehead atoms. The lowest BCUT2D eigenvalue weighted by molar-refractivity contribution is -0.127. The maximum absolute atomic E-state index is 11.8. The van der Waals surface area contributed by atoms with E-state index in [1.807, 2.05) is 37.3 Å². The number of halogens is 1. The molecule has 158 valence electrons. The van der Waals surface area contributed by atoms with E-state index in [1.165, 1.54) is 0 Å². The number of amides is 1. The maximum Gasteiger partial charge on any atom is 0.241 e. The summed E-state index contributed by atoms with van der Waals surface area (Å²) in [5.41, 5.74) is 3.37. The van der Waals surface area contributed by atoms with Gasteiger partial charge in [-0.2, -0.15) is 0 Å². The Morgan fingerprint density at radius 2 is 1.62 bits per heavy atom. The van der Waals surface area contributed by atoms with Crippen molar-refractivity contribution in [1.82, 2.24) is 15.5 Å². The van der Waals surface area contributed by atoms with Crippen LogP contribution in [0.2, 0.25) is 0 Å². The van der Waals surface area contributed by atoms with Gasteiger partial charge in [0.05, 0.1) is 26.3 Å². The maximum atomic E-state index is 11.8. The average molecular weight is 510 g/mol. The Balaban J connectivity index is 0.00000420. The van der Waals surface area contributed by atoms with Crippen molar-refractivity contribution in [2.75, 3.05) is 27.2 Å². The first-order valence-electron chi connectivity index (χ1n) is 9.51. The van der Waals surface area contributed by atoms with E-state index in [0.717, 1.165) is 23.2 Å². The van der Waals surface area contributed by atoms with Crippen molar-refractivity contribution in [1.29, 1.82) is 0 Å². The van der Waals surface area contributed by atoms with E-state index in [4.69, 9.17) is 4.74 Å². The Morgan fingerprint density at radius 1 is 0.966 bits per heavy atom. The molecule has 0 aliphatic rings. The van der Waals surface area contributed by atoms with Gasteiger partial charge in [-0.15, -0.1) is 24.0 Å². The van der Waals surface area contributed by atoms with Gasteiger partial charge in [0, 0.05) is 20.6 Å². The van der Waals surface area contributed by atoms with Crippen molar-refractivity contribution >= 4 is 35.8 Å². The summed E-state index contributed by atoms with van der Waals surface area (Å²) >= 11 is 0. The topological polar surface area (TPSA) is 66.0 Å². The molecule has 7 heteroatoms. The van der Waals surface area contributed by atoms with E-state index < -0.39 is 0 Å². The lowest BCUT2D eigenvalue weighted by Crippen LogP contribution is -2.42. The van der Waals surface area contributed by atoms with Crippen LogP contribution in [0.3, 0.4) is 0 Å². The van der Waals surface area contributed by atoms with Gasteiger partial charge < -0.3 is 20.3 Å². The molecule has 2 rings (SSSR count). The minimum Gasteiger partial charge on any atom is -0.372 e. The van der Waals surface area contributed by atoms with Crippen molar-refractivity contribution in [3.63, 3.8) is 0 Å². The highest BCUT2D eigenvalue weighted by molar-refractivity contribution is 14.0. The van der Waals surface area contributed by atoms with E-state index in [9.17, 15) is 4.79 Å². The minimum absolute atomic E-state index is 0. The molecule has 6 nitrogen and oxygen atoms in total. The molecule has 0 radical (unpaired) electrons. The minimum atomic E-state index is 0. The molecular weight excluding hydrogens is 479 g/mol. The summed E-state index contributed by atoms with van der Waals surface area (Å²) in [6.07, 6.45) is 0. The normalized spacial score (nSPS) is 10.8. The van der Waals surface area contributed by atoms with Crippen molar-refractivity contribution in [3.05, 3.63) is 71.3 Å². The quantitative estimate of drug-likeness (QED) is 0.309. The fourth-order valence-corrected chi connectivity index (χ4v) is 2.53. The number of aliphatic imine (C=N–C) groups is 1. The Bertz CT molecular complexity index is 766. The molecule has 29 heavy (non-hydrogen) atoms. The van der Waals surface area contributed by atoms with Crippen LogP contribution in [0.5, 0.6) is 0 Å². The van der Waals surface area contributed by atoms with Crippen molar-refractivity contribution in [3.8, 4) is 0 Å². The summed E-state index contributed by atoms with van der Waals surface area (Å²) in [5, 5.41) is 6.24. The summed E-state index contributed by atoms with van der Waals surface area (Å²) in [7, 11) is 3.47. The third-order valence-corrected chi connectivity index (χ3v) is 4.15. The molecule has 0 saturated carbocycles. The SMILES string of the molecule is CCNC(=NCc1ccccc1COCc1ccccc1)NCC(=O)N(C)C.I. The second kappa shape index (κ2) is 13.9. The Morgan fingerprint density at radius 3 is 2.28 bits per heavy atom. The zero-order chi connectivity index (χ0) is 20.2. The second-order valence-electron chi connectivity index (χ2n) is 6.58. The van der Waals surface area contributed by atoms with Gasteiger partial charge in [0.25, 0.3) is 0 Å². The van der Waals surface area contributed by atoms with Crippen molar-refractivity contribution in [2.45, 2.75) is 26.7 Å². The van der Waals surface area contributed by atoms with E-state index in [2.05, 4.69) is 39.9 Å². The number of hydrogen-bond donors (Lipinski definition) is 2. The first-order chi connectivity index (χ1) is 13.6. The molecule has 2 aromatic rings. The number of rotatable bonds is 9. The number of carbonyl (C=O) groups is 1. The van der Waals surface area contributed by atoms with Crippen LogP contribution in [0.4, 0.5) is 0 Å². The fraction of sp³-hybridized carbons (Fsp3) is 0.364. The number of nitrogens with zero attached hydrogens (tertiary/aromatic N) is 2. The van der Waals surface area contributed by atoms with Crippen LogP contribution in [0, 0.1) is 0 Å². The van der Waals surface area contributed by atoms with Gasteiger partial charge in [-0.3, -0.25) is 4.79 Å². The number of nitrogens with one attached hydrogen (secondary N) is 2. The number of likely N-dealkylation sites (N-methyl/N-ethyl adjacent to an activating group) is 1. The molecule has 0 atom stereocenters. The Kier molecular flexibility index (Phi) is 12.0. The van der Waals surface area contributed by atoms with Crippen LogP contribution in [0.25, 0.3) is 0 Å². The largest absolute Gasteiger partial charge is 0.372 e. The first kappa shape index (κ1) is 24.9. The van der Waals surface area contributed by atoms with Crippen LogP contribution in [-0.4, -0.2) is 44.0 Å². The Labute approximate surface area is 190 Å². The number of benzene rings is 2. The molecule has 0 aliphatic heterocycles. The van der Waals surface area contributed by atoms with Gasteiger partial charge in [-0.1, -0.05) is 54.6 Å². The highest BCUT2D eigenvalue weighted by atomic mass is 127. The van der Waals surface area contributed by atoms with E-state index >= 15 is 0 Å². The first-order valence-corrected chi connectivity index (χ1v) is 9.51. The lowest BCUT2D eigenvalue weighted by Gasteiger charge is -2.14. The van der Waals surface area contributed by atoms with Crippen LogP contribution >= 0.6 is 24.0 Å². The molecule has 0 fully saturated rings. The third kappa shape index (κ3) is 9.27. The zero-order valence-corrected chi connectivity index (χ0v) is 19.7. The molecule has 0 aliphatic carbocycles. The van der Waals surface area contributed by atoms with E-state index in [-0.39, 0.29) is 36.4 Å².